The number of nitrogens with zero attached hydrogens (tertiary/aromatic N) is 2. The quantitative estimate of drug-likeness (QED) is 0.880. The predicted octanol–water partition coefficient (Wildman–Crippen LogP) is 1.92. The topological polar surface area (TPSA) is 43.8 Å². The fraction of sp³-hybridized carbons (Fsp3) is 0.308. The molecule has 1 aromatic carbocycles. The molecule has 0 aliphatic carbocycles. The van der Waals surface area contributed by atoms with Crippen LogP contribution in [-0.4, -0.2) is 9.55 Å². The molecule has 0 unspecified atom stereocenters. The Labute approximate surface area is 100 Å². The molecule has 2 N–H and O–H groups in total. The summed E-state index contributed by atoms with van der Waals surface area (Å²) in [7, 11) is 1.94. The van der Waals surface area contributed by atoms with Crippen molar-refractivity contribution in [1.82, 2.24) is 9.55 Å². The summed E-state index contributed by atoms with van der Waals surface area (Å²) in [5.74, 6) is 0.648. The van der Waals surface area contributed by atoms with Gasteiger partial charge in [-0.25, -0.2) is 9.37 Å². The summed E-state index contributed by atoms with van der Waals surface area (Å²) < 4.78 is 15.1. The molecule has 3 nitrogen and oxygen atoms in total. The van der Waals surface area contributed by atoms with Gasteiger partial charge in [0.2, 0.25) is 0 Å². The van der Waals surface area contributed by atoms with Gasteiger partial charge in [0.25, 0.3) is 0 Å². The first kappa shape index (κ1) is 11.8. The van der Waals surface area contributed by atoms with E-state index in [1.807, 2.05) is 24.6 Å². The molecule has 2 rings (SSSR count). The monoisotopic (exact) mass is 233 g/mol. The third kappa shape index (κ3) is 2.36. The molecule has 0 amide bonds. The number of aromatic nitrogens is 2. The van der Waals surface area contributed by atoms with Crippen molar-refractivity contribution in [1.29, 1.82) is 0 Å². The lowest BCUT2D eigenvalue weighted by molar-refractivity contribution is 0.625. The highest BCUT2D eigenvalue weighted by atomic mass is 19.1. The average Bonchev–Trinajstić information content (AvgIpc) is 2.56. The highest BCUT2D eigenvalue weighted by molar-refractivity contribution is 5.26. The molecule has 0 spiro atoms. The molecule has 90 valence electrons. The first-order valence-electron chi connectivity index (χ1n) is 5.57. The Bertz CT molecular complexity index is 531. The zero-order chi connectivity index (χ0) is 12.4. The molecule has 0 atom stereocenters. The molecule has 0 radical (unpaired) electrons. The van der Waals surface area contributed by atoms with Crippen molar-refractivity contribution >= 4 is 0 Å². The van der Waals surface area contributed by atoms with Crippen molar-refractivity contribution < 1.29 is 4.39 Å². The maximum Gasteiger partial charge on any atom is 0.123 e. The molecular formula is C13H16FN3. The van der Waals surface area contributed by atoms with Gasteiger partial charge in [-0.15, -0.1) is 0 Å². The molecule has 0 saturated carbocycles. The summed E-state index contributed by atoms with van der Waals surface area (Å²) in [5, 5.41) is 0. The fourth-order valence-corrected chi connectivity index (χ4v) is 2.00. The summed E-state index contributed by atoms with van der Waals surface area (Å²) >= 11 is 0. The number of halogens is 1. The Kier molecular flexibility index (Phi) is 3.24. The molecule has 1 aromatic heterocycles. The van der Waals surface area contributed by atoms with Gasteiger partial charge >= 0.3 is 0 Å². The minimum Gasteiger partial charge on any atom is -0.333 e. The van der Waals surface area contributed by atoms with Crippen LogP contribution in [0.5, 0.6) is 0 Å². The number of aryl methyl sites for hydroxylation is 1. The Morgan fingerprint density at radius 1 is 1.41 bits per heavy atom. The Balaban J connectivity index is 2.33. The first-order valence-corrected chi connectivity index (χ1v) is 5.57. The second-order valence-electron chi connectivity index (χ2n) is 4.13. The van der Waals surface area contributed by atoms with Crippen LogP contribution in [0.3, 0.4) is 0 Å². The van der Waals surface area contributed by atoms with Crippen LogP contribution in [0.1, 0.15) is 22.8 Å². The van der Waals surface area contributed by atoms with Crippen LogP contribution in [-0.2, 0) is 20.0 Å². The van der Waals surface area contributed by atoms with Crippen LogP contribution in [0.15, 0.2) is 24.3 Å². The summed E-state index contributed by atoms with van der Waals surface area (Å²) in [6, 6.07) is 6.64. The number of hydrogen-bond acceptors (Lipinski definition) is 2. The molecule has 0 bridgehead atoms. The number of hydrogen-bond donors (Lipinski definition) is 1. The van der Waals surface area contributed by atoms with Crippen molar-refractivity contribution in [2.45, 2.75) is 19.9 Å². The second-order valence-corrected chi connectivity index (χ2v) is 4.13. The number of imidazole rings is 1. The zero-order valence-electron chi connectivity index (χ0n) is 10.1. The van der Waals surface area contributed by atoms with Crippen LogP contribution in [0.4, 0.5) is 4.39 Å². The van der Waals surface area contributed by atoms with Crippen LogP contribution in [0.25, 0.3) is 0 Å². The van der Waals surface area contributed by atoms with Gasteiger partial charge in [0.1, 0.15) is 11.6 Å². The number of nitrogens with two attached hydrogens (primary N) is 1. The van der Waals surface area contributed by atoms with Crippen molar-refractivity contribution in [3.8, 4) is 0 Å². The number of rotatable bonds is 3. The minimum atomic E-state index is -0.207. The molecule has 0 saturated heterocycles. The van der Waals surface area contributed by atoms with Crippen LogP contribution < -0.4 is 5.73 Å². The summed E-state index contributed by atoms with van der Waals surface area (Å²) in [4.78, 5) is 4.39. The van der Waals surface area contributed by atoms with Crippen LogP contribution in [0, 0.1) is 12.7 Å². The third-order valence-corrected chi connectivity index (χ3v) is 2.95. The van der Waals surface area contributed by atoms with E-state index in [4.69, 9.17) is 5.73 Å². The number of benzene rings is 1. The SMILES string of the molecule is Cc1nc(CN)n(C)c1Cc1cccc(F)c1. The van der Waals surface area contributed by atoms with Crippen molar-refractivity contribution in [3.05, 3.63) is 52.9 Å². The normalized spacial score (nSPS) is 10.8. The lowest BCUT2D eigenvalue weighted by Crippen LogP contribution is -2.07. The van der Waals surface area contributed by atoms with E-state index >= 15 is 0 Å². The van der Waals surface area contributed by atoms with Crippen molar-refractivity contribution in [2.24, 2.45) is 12.8 Å². The third-order valence-electron chi connectivity index (χ3n) is 2.95. The Hall–Kier alpha value is -1.68. The van der Waals surface area contributed by atoms with E-state index < -0.39 is 0 Å². The molecule has 4 heteroatoms. The second kappa shape index (κ2) is 4.67. The van der Waals surface area contributed by atoms with E-state index in [-0.39, 0.29) is 5.82 Å². The minimum absolute atomic E-state index is 0.207. The molecule has 0 aliphatic rings. The molecule has 1 heterocycles. The summed E-state index contributed by atoms with van der Waals surface area (Å²) in [5.41, 5.74) is 8.59. The van der Waals surface area contributed by atoms with Gasteiger partial charge in [0.15, 0.2) is 0 Å². The highest BCUT2D eigenvalue weighted by Crippen LogP contribution is 2.15. The van der Waals surface area contributed by atoms with E-state index in [1.54, 1.807) is 12.1 Å². The van der Waals surface area contributed by atoms with Crippen LogP contribution >= 0.6 is 0 Å². The van der Waals surface area contributed by atoms with Gasteiger partial charge in [-0.05, 0) is 24.6 Å². The molecule has 0 aliphatic heterocycles. The molecule has 0 fully saturated rings. The van der Waals surface area contributed by atoms with Gasteiger partial charge in [-0.3, -0.25) is 0 Å². The predicted molar refractivity (Wildman–Crippen MR) is 65.0 cm³/mol. The molecule has 17 heavy (non-hydrogen) atoms. The highest BCUT2D eigenvalue weighted by Gasteiger charge is 2.10. The first-order chi connectivity index (χ1) is 8.11. The van der Waals surface area contributed by atoms with Gasteiger partial charge in [0, 0.05) is 19.2 Å². The van der Waals surface area contributed by atoms with Gasteiger partial charge in [-0.1, -0.05) is 12.1 Å². The van der Waals surface area contributed by atoms with Crippen molar-refractivity contribution in [3.63, 3.8) is 0 Å². The average molecular weight is 233 g/mol. The van der Waals surface area contributed by atoms with E-state index in [1.165, 1.54) is 6.07 Å². The van der Waals surface area contributed by atoms with E-state index in [2.05, 4.69) is 4.98 Å². The maximum atomic E-state index is 13.1. The standard InChI is InChI=1S/C13H16FN3/c1-9-12(17(2)13(8-15)16-9)7-10-4-3-5-11(14)6-10/h3-6H,7-8,15H2,1-2H3. The lowest BCUT2D eigenvalue weighted by atomic mass is 10.1. The zero-order valence-corrected chi connectivity index (χ0v) is 10.1. The Morgan fingerprint density at radius 3 is 2.76 bits per heavy atom. The van der Waals surface area contributed by atoms with Gasteiger partial charge in [-0.2, -0.15) is 0 Å². The fourth-order valence-electron chi connectivity index (χ4n) is 2.00. The van der Waals surface area contributed by atoms with Crippen LogP contribution in [0.2, 0.25) is 0 Å². The Morgan fingerprint density at radius 2 is 2.18 bits per heavy atom. The summed E-state index contributed by atoms with van der Waals surface area (Å²) in [6.45, 7) is 2.37. The largest absolute Gasteiger partial charge is 0.333 e. The van der Waals surface area contributed by atoms with E-state index in [0.717, 1.165) is 22.8 Å². The van der Waals surface area contributed by atoms with Crippen molar-refractivity contribution in [2.75, 3.05) is 0 Å². The summed E-state index contributed by atoms with van der Waals surface area (Å²) in [6.07, 6.45) is 0.674. The van der Waals surface area contributed by atoms with Gasteiger partial charge < -0.3 is 10.3 Å². The van der Waals surface area contributed by atoms with E-state index in [9.17, 15) is 4.39 Å². The molecular weight excluding hydrogens is 217 g/mol. The van der Waals surface area contributed by atoms with Gasteiger partial charge in [0.05, 0.1) is 12.2 Å². The molecule has 2 aromatic rings. The maximum absolute atomic E-state index is 13.1. The van der Waals surface area contributed by atoms with E-state index in [0.29, 0.717) is 13.0 Å². The smallest absolute Gasteiger partial charge is 0.123 e. The lowest BCUT2D eigenvalue weighted by Gasteiger charge is -2.06.